The van der Waals surface area contributed by atoms with E-state index in [9.17, 15) is 4.79 Å². The van der Waals surface area contributed by atoms with E-state index in [2.05, 4.69) is 26.3 Å². The molecule has 3 rings (SSSR count). The molecular weight excluding hydrogens is 410 g/mol. The molecule has 2 aromatic heterocycles. The molecule has 0 radical (unpaired) electrons. The predicted molar refractivity (Wildman–Crippen MR) is 96.6 cm³/mol. The minimum Gasteiger partial charge on any atom is -0.486 e. The number of carbonyl (C=O) groups excluding carboxylic acids is 1. The summed E-state index contributed by atoms with van der Waals surface area (Å²) in [5, 5.41) is 7.49. The Kier molecular flexibility index (Phi) is 5.45. The smallest absolute Gasteiger partial charge is 0.287 e. The Morgan fingerprint density at radius 1 is 1.40 bits per heavy atom. The fraction of sp³-hybridized carbons (Fsp3) is 0.176. The van der Waals surface area contributed by atoms with Gasteiger partial charge in [0.25, 0.3) is 5.91 Å². The van der Waals surface area contributed by atoms with Crippen molar-refractivity contribution >= 4 is 33.4 Å². The number of aromatic nitrogens is 2. The molecule has 0 spiro atoms. The van der Waals surface area contributed by atoms with Gasteiger partial charge in [-0.1, -0.05) is 17.7 Å². The first-order valence-corrected chi connectivity index (χ1v) is 8.61. The summed E-state index contributed by atoms with van der Waals surface area (Å²) in [6.45, 7) is 0.547. The van der Waals surface area contributed by atoms with Gasteiger partial charge in [-0.2, -0.15) is 5.10 Å². The van der Waals surface area contributed by atoms with Crippen molar-refractivity contribution in [2.45, 2.75) is 13.2 Å². The standard InChI is InChI=1S/C17H15BrClN3O3/c1-22-15(14(18)8-21-22)9-20-17(23)16-6-5-13(25-16)10-24-12-4-2-3-11(19)7-12/h2-8H,9-10H2,1H3,(H,20,23). The Morgan fingerprint density at radius 3 is 2.96 bits per heavy atom. The van der Waals surface area contributed by atoms with E-state index in [0.29, 0.717) is 23.1 Å². The Morgan fingerprint density at radius 2 is 2.24 bits per heavy atom. The lowest BCUT2D eigenvalue weighted by atomic mass is 10.3. The van der Waals surface area contributed by atoms with Gasteiger partial charge in [0.1, 0.15) is 18.1 Å². The first-order valence-electron chi connectivity index (χ1n) is 7.44. The van der Waals surface area contributed by atoms with Crippen LogP contribution >= 0.6 is 27.5 Å². The maximum Gasteiger partial charge on any atom is 0.287 e. The minimum atomic E-state index is -0.304. The van der Waals surface area contributed by atoms with Crippen LogP contribution in [0.1, 0.15) is 22.0 Å². The highest BCUT2D eigenvalue weighted by Gasteiger charge is 2.13. The molecule has 2 heterocycles. The number of rotatable bonds is 6. The SMILES string of the molecule is Cn1ncc(Br)c1CNC(=O)c1ccc(COc2cccc(Cl)c2)o1. The number of carbonyl (C=O) groups is 1. The van der Waals surface area contributed by atoms with Gasteiger partial charge < -0.3 is 14.5 Å². The molecule has 3 aromatic rings. The normalized spacial score (nSPS) is 10.7. The van der Waals surface area contributed by atoms with Crippen LogP contribution in [0.5, 0.6) is 5.75 Å². The molecule has 1 aromatic carbocycles. The number of hydrogen-bond donors (Lipinski definition) is 1. The van der Waals surface area contributed by atoms with Gasteiger partial charge in [0.2, 0.25) is 0 Å². The average molecular weight is 425 g/mol. The van der Waals surface area contributed by atoms with Crippen molar-refractivity contribution in [1.82, 2.24) is 15.1 Å². The van der Waals surface area contributed by atoms with Gasteiger partial charge in [-0.05, 0) is 46.3 Å². The summed E-state index contributed by atoms with van der Waals surface area (Å²) in [6, 6.07) is 10.4. The van der Waals surface area contributed by atoms with E-state index in [0.717, 1.165) is 10.2 Å². The number of halogens is 2. The quantitative estimate of drug-likeness (QED) is 0.651. The number of nitrogens with zero attached hydrogens (tertiary/aromatic N) is 2. The van der Waals surface area contributed by atoms with Crippen LogP contribution in [0.3, 0.4) is 0 Å². The monoisotopic (exact) mass is 423 g/mol. The lowest BCUT2D eigenvalue weighted by Gasteiger charge is -2.05. The van der Waals surface area contributed by atoms with Gasteiger partial charge in [-0.3, -0.25) is 9.48 Å². The number of aryl methyl sites for hydroxylation is 1. The number of benzene rings is 1. The van der Waals surface area contributed by atoms with Crippen molar-refractivity contribution in [2.24, 2.45) is 7.05 Å². The van der Waals surface area contributed by atoms with Gasteiger partial charge >= 0.3 is 0 Å². The summed E-state index contributed by atoms with van der Waals surface area (Å²) in [7, 11) is 1.81. The molecule has 0 aliphatic rings. The molecule has 0 saturated carbocycles. The molecule has 0 unspecified atom stereocenters. The number of nitrogens with one attached hydrogen (secondary N) is 1. The molecule has 0 atom stereocenters. The Balaban J connectivity index is 1.56. The van der Waals surface area contributed by atoms with Crippen molar-refractivity contribution in [3.63, 3.8) is 0 Å². The number of amides is 1. The molecule has 0 bridgehead atoms. The molecule has 0 fully saturated rings. The fourth-order valence-electron chi connectivity index (χ4n) is 2.17. The summed E-state index contributed by atoms with van der Waals surface area (Å²) in [6.07, 6.45) is 1.68. The van der Waals surface area contributed by atoms with Crippen molar-refractivity contribution < 1.29 is 13.9 Å². The van der Waals surface area contributed by atoms with Gasteiger partial charge in [0, 0.05) is 12.1 Å². The van der Waals surface area contributed by atoms with E-state index in [1.54, 1.807) is 47.3 Å². The first-order chi connectivity index (χ1) is 12.0. The van der Waals surface area contributed by atoms with Crippen LogP contribution in [-0.4, -0.2) is 15.7 Å². The Bertz CT molecular complexity index is 871. The predicted octanol–water partition coefficient (Wildman–Crippen LogP) is 3.94. The van der Waals surface area contributed by atoms with E-state index in [1.807, 2.05) is 7.05 Å². The second kappa shape index (κ2) is 7.76. The van der Waals surface area contributed by atoms with Crippen LogP contribution < -0.4 is 10.1 Å². The van der Waals surface area contributed by atoms with Gasteiger partial charge in [-0.25, -0.2) is 0 Å². The largest absolute Gasteiger partial charge is 0.486 e. The van der Waals surface area contributed by atoms with Crippen LogP contribution in [0.2, 0.25) is 5.02 Å². The van der Waals surface area contributed by atoms with Crippen molar-refractivity contribution in [2.75, 3.05) is 0 Å². The third-order valence-corrected chi connectivity index (χ3v) is 4.39. The van der Waals surface area contributed by atoms with Gasteiger partial charge in [-0.15, -0.1) is 0 Å². The van der Waals surface area contributed by atoms with Crippen molar-refractivity contribution in [1.29, 1.82) is 0 Å². The molecule has 1 N–H and O–H groups in total. The van der Waals surface area contributed by atoms with Crippen LogP contribution in [0, 0.1) is 0 Å². The number of furan rings is 1. The highest BCUT2D eigenvalue weighted by Crippen LogP contribution is 2.19. The Labute approximate surface area is 157 Å². The van der Waals surface area contributed by atoms with Crippen molar-refractivity contribution in [3.05, 3.63) is 69.3 Å². The van der Waals surface area contributed by atoms with E-state index in [4.69, 9.17) is 20.8 Å². The first kappa shape index (κ1) is 17.6. The summed E-state index contributed by atoms with van der Waals surface area (Å²) < 4.78 is 13.6. The molecule has 8 heteroatoms. The van der Waals surface area contributed by atoms with Gasteiger partial charge in [0.15, 0.2) is 5.76 Å². The second-order valence-electron chi connectivity index (χ2n) is 5.26. The molecule has 25 heavy (non-hydrogen) atoms. The van der Waals surface area contributed by atoms with Crippen molar-refractivity contribution in [3.8, 4) is 5.75 Å². The maximum atomic E-state index is 12.2. The summed E-state index contributed by atoms with van der Waals surface area (Å²) in [5.41, 5.74) is 0.865. The summed E-state index contributed by atoms with van der Waals surface area (Å²) >= 11 is 9.30. The summed E-state index contributed by atoms with van der Waals surface area (Å²) in [4.78, 5) is 12.2. The molecule has 1 amide bonds. The number of ether oxygens (including phenoxy) is 1. The molecule has 130 valence electrons. The zero-order valence-electron chi connectivity index (χ0n) is 13.3. The van der Waals surface area contributed by atoms with Crippen LogP contribution in [-0.2, 0) is 20.2 Å². The highest BCUT2D eigenvalue weighted by atomic mass is 79.9. The average Bonchev–Trinajstić information content (AvgIpc) is 3.19. The third kappa shape index (κ3) is 4.43. The van der Waals surface area contributed by atoms with E-state index < -0.39 is 0 Å². The van der Waals surface area contributed by atoms with Gasteiger partial charge in [0.05, 0.1) is 22.9 Å². The lowest BCUT2D eigenvalue weighted by Crippen LogP contribution is -2.23. The minimum absolute atomic E-state index is 0.209. The van der Waals surface area contributed by atoms with Crippen LogP contribution in [0.25, 0.3) is 0 Å². The highest BCUT2D eigenvalue weighted by molar-refractivity contribution is 9.10. The zero-order valence-corrected chi connectivity index (χ0v) is 15.7. The van der Waals surface area contributed by atoms with E-state index >= 15 is 0 Å². The van der Waals surface area contributed by atoms with E-state index in [1.165, 1.54) is 0 Å². The second-order valence-corrected chi connectivity index (χ2v) is 6.55. The lowest BCUT2D eigenvalue weighted by molar-refractivity contribution is 0.0918. The molecule has 0 aliphatic carbocycles. The number of hydrogen-bond acceptors (Lipinski definition) is 4. The van der Waals surface area contributed by atoms with Crippen LogP contribution in [0.15, 0.2) is 51.5 Å². The molecule has 6 nitrogen and oxygen atoms in total. The molecular formula is C17H15BrClN3O3. The molecule has 0 saturated heterocycles. The van der Waals surface area contributed by atoms with E-state index in [-0.39, 0.29) is 18.3 Å². The fourth-order valence-corrected chi connectivity index (χ4v) is 2.84. The summed E-state index contributed by atoms with van der Waals surface area (Å²) in [5.74, 6) is 1.10. The molecule has 0 aliphatic heterocycles. The Hall–Kier alpha value is -2.25. The zero-order chi connectivity index (χ0) is 17.8. The van der Waals surface area contributed by atoms with Crippen LogP contribution in [0.4, 0.5) is 0 Å². The maximum absolute atomic E-state index is 12.2. The topological polar surface area (TPSA) is 69.3 Å². The third-order valence-electron chi connectivity index (χ3n) is 3.49.